The second-order valence-electron chi connectivity index (χ2n) is 7.69. The molecule has 0 spiro atoms. The molecule has 0 amide bonds. The molecule has 7 nitrogen and oxygen atoms in total. The van der Waals surface area contributed by atoms with E-state index in [1.165, 1.54) is 18.2 Å². The fourth-order valence-corrected chi connectivity index (χ4v) is 3.16. The number of fused-ring (bicyclic) bond motifs is 1. The molecule has 0 saturated carbocycles. The summed E-state index contributed by atoms with van der Waals surface area (Å²) in [7, 11) is 1.98. The predicted molar refractivity (Wildman–Crippen MR) is 123 cm³/mol. The minimum absolute atomic E-state index is 0.208. The van der Waals surface area contributed by atoms with Crippen molar-refractivity contribution in [2.24, 2.45) is 0 Å². The number of aromatic nitrogens is 3. The van der Waals surface area contributed by atoms with Gasteiger partial charge in [0, 0.05) is 25.4 Å². The average Bonchev–Trinajstić information content (AvgIpc) is 3.20. The summed E-state index contributed by atoms with van der Waals surface area (Å²) in [5.74, 6) is 1.48. The quantitative estimate of drug-likeness (QED) is 0.420. The topological polar surface area (TPSA) is 72.4 Å². The van der Waals surface area contributed by atoms with Gasteiger partial charge in [0.2, 0.25) is 5.95 Å². The molecule has 0 aliphatic rings. The van der Waals surface area contributed by atoms with E-state index in [0.29, 0.717) is 17.5 Å². The molecule has 4 rings (SSSR count). The Kier molecular flexibility index (Phi) is 6.11. The molecule has 2 aromatic carbocycles. The lowest BCUT2D eigenvalue weighted by molar-refractivity contribution is 0.216. The number of aromatic amines is 1. The molecule has 0 unspecified atom stereocenters. The van der Waals surface area contributed by atoms with Crippen LogP contribution in [-0.2, 0) is 0 Å². The van der Waals surface area contributed by atoms with Crippen LogP contribution < -0.4 is 19.9 Å². The van der Waals surface area contributed by atoms with Crippen LogP contribution >= 0.6 is 0 Å². The van der Waals surface area contributed by atoms with Gasteiger partial charge in [0.15, 0.2) is 0 Å². The minimum Gasteiger partial charge on any atom is -0.490 e. The molecule has 0 fully saturated rings. The molecular formula is C24H25FN4O3. The summed E-state index contributed by atoms with van der Waals surface area (Å²) >= 11 is 0. The molecular weight excluding hydrogens is 411 g/mol. The lowest BCUT2D eigenvalue weighted by Gasteiger charge is -2.19. The molecule has 4 aromatic rings. The molecule has 0 saturated heterocycles. The number of ether oxygens (including phenoxy) is 2. The first-order valence-corrected chi connectivity index (χ1v) is 10.4. The largest absolute Gasteiger partial charge is 0.490 e. The van der Waals surface area contributed by atoms with Crippen molar-refractivity contribution in [3.63, 3.8) is 0 Å². The molecule has 1 N–H and O–H groups in total. The first-order chi connectivity index (χ1) is 15.4. The third-order valence-corrected chi connectivity index (χ3v) is 5.17. The van der Waals surface area contributed by atoms with Crippen LogP contribution in [0.1, 0.15) is 13.8 Å². The Morgan fingerprint density at radius 3 is 2.44 bits per heavy atom. The van der Waals surface area contributed by atoms with Gasteiger partial charge in [-0.2, -0.15) is 0 Å². The Hall–Kier alpha value is -3.81. The van der Waals surface area contributed by atoms with E-state index in [2.05, 4.69) is 28.7 Å². The first kappa shape index (κ1) is 21.4. The van der Waals surface area contributed by atoms with Crippen LogP contribution in [0.15, 0.2) is 65.6 Å². The second-order valence-corrected chi connectivity index (χ2v) is 7.69. The van der Waals surface area contributed by atoms with Crippen molar-refractivity contribution in [2.75, 3.05) is 25.2 Å². The van der Waals surface area contributed by atoms with Gasteiger partial charge in [0.25, 0.3) is 5.56 Å². The van der Waals surface area contributed by atoms with E-state index >= 15 is 0 Å². The van der Waals surface area contributed by atoms with Crippen molar-refractivity contribution in [1.82, 2.24) is 14.5 Å². The second kappa shape index (κ2) is 9.13. The lowest BCUT2D eigenvalue weighted by Crippen LogP contribution is -2.26. The zero-order valence-corrected chi connectivity index (χ0v) is 18.2. The predicted octanol–water partition coefficient (Wildman–Crippen LogP) is 4.16. The van der Waals surface area contributed by atoms with Crippen molar-refractivity contribution in [1.29, 1.82) is 0 Å². The van der Waals surface area contributed by atoms with E-state index in [1.807, 2.05) is 25.2 Å². The summed E-state index contributed by atoms with van der Waals surface area (Å²) in [5.41, 5.74) is 2.22. The molecule has 2 aromatic heterocycles. The van der Waals surface area contributed by atoms with E-state index in [0.717, 1.165) is 22.7 Å². The minimum atomic E-state index is -0.316. The number of benzene rings is 2. The number of nitrogens with one attached hydrogen (secondary N) is 1. The van der Waals surface area contributed by atoms with Gasteiger partial charge in [0.1, 0.15) is 30.5 Å². The maximum atomic E-state index is 12.9. The summed E-state index contributed by atoms with van der Waals surface area (Å²) in [5, 5.41) is 0. The number of hydrogen-bond acceptors (Lipinski definition) is 5. The molecule has 0 atom stereocenters. The Bertz CT molecular complexity index is 1260. The van der Waals surface area contributed by atoms with Gasteiger partial charge in [-0.25, -0.2) is 9.37 Å². The van der Waals surface area contributed by atoms with Crippen molar-refractivity contribution in [3.8, 4) is 17.2 Å². The Balaban J connectivity index is 1.42. The number of nitrogens with zero attached hydrogens (tertiary/aromatic N) is 3. The standard InChI is InChI=1S/C24H25FN4O3/c1-16(2)28(3)24-26-21-9-6-18(14-22(21)27-24)29-11-10-20(15-23(29)30)32-13-12-31-19-7-4-17(25)5-8-19/h4-11,14-16H,12-13H2,1-3H3,(H,26,27). The summed E-state index contributed by atoms with van der Waals surface area (Å²) in [6, 6.07) is 14.9. The van der Waals surface area contributed by atoms with Crippen molar-refractivity contribution in [3.05, 3.63) is 77.0 Å². The zero-order valence-electron chi connectivity index (χ0n) is 18.2. The van der Waals surface area contributed by atoms with Crippen LogP contribution in [0.25, 0.3) is 16.7 Å². The Labute approximate surface area is 185 Å². The third-order valence-electron chi connectivity index (χ3n) is 5.17. The van der Waals surface area contributed by atoms with Gasteiger partial charge >= 0.3 is 0 Å². The maximum Gasteiger partial charge on any atom is 0.258 e. The van der Waals surface area contributed by atoms with Crippen LogP contribution in [0.2, 0.25) is 0 Å². The van der Waals surface area contributed by atoms with Crippen LogP contribution in [-0.4, -0.2) is 40.8 Å². The van der Waals surface area contributed by atoms with Crippen LogP contribution in [0.5, 0.6) is 11.5 Å². The van der Waals surface area contributed by atoms with Gasteiger partial charge in [-0.3, -0.25) is 9.36 Å². The van der Waals surface area contributed by atoms with Gasteiger partial charge < -0.3 is 19.4 Å². The molecule has 0 aliphatic carbocycles. The highest BCUT2D eigenvalue weighted by Gasteiger charge is 2.11. The highest BCUT2D eigenvalue weighted by molar-refractivity contribution is 5.80. The van der Waals surface area contributed by atoms with Gasteiger partial charge in [0.05, 0.1) is 16.7 Å². The summed E-state index contributed by atoms with van der Waals surface area (Å²) in [6.07, 6.45) is 1.68. The van der Waals surface area contributed by atoms with Crippen molar-refractivity contribution < 1.29 is 13.9 Å². The fraction of sp³-hybridized carbons (Fsp3) is 0.250. The zero-order chi connectivity index (χ0) is 22.7. The van der Waals surface area contributed by atoms with Crippen LogP contribution in [0, 0.1) is 5.82 Å². The van der Waals surface area contributed by atoms with E-state index in [4.69, 9.17) is 9.47 Å². The Morgan fingerprint density at radius 1 is 1.03 bits per heavy atom. The van der Waals surface area contributed by atoms with E-state index in [9.17, 15) is 9.18 Å². The summed E-state index contributed by atoms with van der Waals surface area (Å²) in [4.78, 5) is 22.6. The number of pyridine rings is 1. The lowest BCUT2D eigenvalue weighted by atomic mass is 10.2. The molecule has 8 heteroatoms. The molecule has 0 aliphatic heterocycles. The van der Waals surface area contributed by atoms with E-state index in [-0.39, 0.29) is 24.6 Å². The van der Waals surface area contributed by atoms with Crippen LogP contribution in [0.4, 0.5) is 10.3 Å². The van der Waals surface area contributed by atoms with Crippen molar-refractivity contribution >= 4 is 17.0 Å². The number of hydrogen-bond donors (Lipinski definition) is 1. The molecule has 0 radical (unpaired) electrons. The molecule has 32 heavy (non-hydrogen) atoms. The third kappa shape index (κ3) is 4.74. The van der Waals surface area contributed by atoms with Gasteiger partial charge in [-0.15, -0.1) is 0 Å². The number of H-pyrrole nitrogens is 1. The van der Waals surface area contributed by atoms with Crippen molar-refractivity contribution in [2.45, 2.75) is 19.9 Å². The van der Waals surface area contributed by atoms with Crippen LogP contribution in [0.3, 0.4) is 0 Å². The van der Waals surface area contributed by atoms with Gasteiger partial charge in [-0.1, -0.05) is 0 Å². The smallest absolute Gasteiger partial charge is 0.258 e. The number of rotatable bonds is 8. The number of anilines is 1. The fourth-order valence-electron chi connectivity index (χ4n) is 3.16. The highest BCUT2D eigenvalue weighted by Crippen LogP contribution is 2.21. The molecule has 2 heterocycles. The summed E-state index contributed by atoms with van der Waals surface area (Å²) in [6.45, 7) is 4.72. The normalized spacial score (nSPS) is 11.2. The first-order valence-electron chi connectivity index (χ1n) is 10.4. The van der Waals surface area contributed by atoms with E-state index < -0.39 is 0 Å². The number of halogens is 1. The van der Waals surface area contributed by atoms with E-state index in [1.54, 1.807) is 29.0 Å². The summed E-state index contributed by atoms with van der Waals surface area (Å²) < 4.78 is 25.6. The monoisotopic (exact) mass is 436 g/mol. The maximum absolute atomic E-state index is 12.9. The highest BCUT2D eigenvalue weighted by atomic mass is 19.1. The molecule has 166 valence electrons. The number of imidazole rings is 1. The SMILES string of the molecule is CC(C)N(C)c1nc2ccc(-n3ccc(OCCOc4ccc(F)cc4)cc3=O)cc2[nH]1. The molecule has 0 bridgehead atoms. The van der Waals surface area contributed by atoms with Gasteiger partial charge in [-0.05, 0) is 62.4 Å². The Morgan fingerprint density at radius 2 is 1.75 bits per heavy atom. The average molecular weight is 436 g/mol.